The first-order valence-corrected chi connectivity index (χ1v) is 10.7. The minimum Gasteiger partial charge on any atom is -0.496 e. The number of carbonyl (C=O) groups excluding carboxylic acids is 1. The van der Waals surface area contributed by atoms with E-state index < -0.39 is 15.9 Å². The van der Waals surface area contributed by atoms with Crippen molar-refractivity contribution >= 4 is 15.9 Å². The second kappa shape index (κ2) is 10.1. The number of hydrogen-bond donors (Lipinski definition) is 1. The van der Waals surface area contributed by atoms with Crippen molar-refractivity contribution in [3.8, 4) is 11.5 Å². The summed E-state index contributed by atoms with van der Waals surface area (Å²) in [6, 6.07) is 14.9. The van der Waals surface area contributed by atoms with Crippen LogP contribution in [-0.4, -0.2) is 52.2 Å². The molecule has 0 unspecified atom stereocenters. The van der Waals surface area contributed by atoms with Gasteiger partial charge in [0.05, 0.1) is 39.1 Å². The summed E-state index contributed by atoms with van der Waals surface area (Å²) in [6.07, 6.45) is 1.63. The highest BCUT2D eigenvalue weighted by Gasteiger charge is 2.20. The lowest BCUT2D eigenvalue weighted by Crippen LogP contribution is -2.41. The van der Waals surface area contributed by atoms with Gasteiger partial charge in [0.1, 0.15) is 11.5 Å². The van der Waals surface area contributed by atoms with Gasteiger partial charge in [0.25, 0.3) is 0 Å². The van der Waals surface area contributed by atoms with Crippen LogP contribution in [-0.2, 0) is 27.8 Å². The Hall–Kier alpha value is -2.58. The van der Waals surface area contributed by atoms with Crippen molar-refractivity contribution in [3.63, 3.8) is 0 Å². The second-order valence-electron chi connectivity index (χ2n) is 6.25. The SMILES string of the molecule is COc1cccc(OC)c1CNC(=O)CN(CCc1ccccc1)S(C)(=O)=O. The summed E-state index contributed by atoms with van der Waals surface area (Å²) in [5, 5.41) is 2.74. The monoisotopic (exact) mass is 406 g/mol. The Kier molecular flexibility index (Phi) is 7.83. The molecule has 0 radical (unpaired) electrons. The number of sulfonamides is 1. The van der Waals surface area contributed by atoms with Crippen LogP contribution in [0.1, 0.15) is 11.1 Å². The summed E-state index contributed by atoms with van der Waals surface area (Å²) in [4.78, 5) is 12.4. The van der Waals surface area contributed by atoms with E-state index in [4.69, 9.17) is 9.47 Å². The molecule has 8 heteroatoms. The zero-order chi connectivity index (χ0) is 20.6. The van der Waals surface area contributed by atoms with E-state index in [1.807, 2.05) is 30.3 Å². The van der Waals surface area contributed by atoms with Gasteiger partial charge in [-0.05, 0) is 24.1 Å². The third-order valence-electron chi connectivity index (χ3n) is 4.27. The first-order valence-electron chi connectivity index (χ1n) is 8.80. The van der Waals surface area contributed by atoms with Gasteiger partial charge in [0.15, 0.2) is 0 Å². The second-order valence-corrected chi connectivity index (χ2v) is 8.23. The molecular formula is C20H26N2O5S. The van der Waals surface area contributed by atoms with Crippen molar-refractivity contribution < 1.29 is 22.7 Å². The summed E-state index contributed by atoms with van der Waals surface area (Å²) >= 11 is 0. The summed E-state index contributed by atoms with van der Waals surface area (Å²) in [6.45, 7) is 0.152. The fourth-order valence-electron chi connectivity index (χ4n) is 2.77. The predicted molar refractivity (Wildman–Crippen MR) is 108 cm³/mol. The molecule has 0 spiro atoms. The number of methoxy groups -OCH3 is 2. The van der Waals surface area contributed by atoms with Gasteiger partial charge in [-0.15, -0.1) is 0 Å². The Morgan fingerprint density at radius 2 is 1.61 bits per heavy atom. The van der Waals surface area contributed by atoms with E-state index in [1.165, 1.54) is 18.5 Å². The molecule has 0 saturated carbocycles. The largest absolute Gasteiger partial charge is 0.496 e. The standard InChI is InChI=1S/C20H26N2O5S/c1-26-18-10-7-11-19(27-2)17(18)14-21-20(23)15-22(28(3,24)25)13-12-16-8-5-4-6-9-16/h4-11H,12-15H2,1-3H3,(H,21,23). The minimum absolute atomic E-state index is 0.169. The maximum atomic E-state index is 12.4. The van der Waals surface area contributed by atoms with Crippen molar-refractivity contribution in [2.24, 2.45) is 0 Å². The van der Waals surface area contributed by atoms with Crippen LogP contribution in [0.4, 0.5) is 0 Å². The molecule has 0 aliphatic rings. The zero-order valence-corrected chi connectivity index (χ0v) is 17.2. The molecule has 0 aliphatic carbocycles. The molecule has 0 aromatic heterocycles. The van der Waals surface area contributed by atoms with Crippen molar-refractivity contribution in [1.29, 1.82) is 0 Å². The molecule has 0 fully saturated rings. The Morgan fingerprint density at radius 3 is 2.14 bits per heavy atom. The lowest BCUT2D eigenvalue weighted by molar-refractivity contribution is -0.121. The number of benzene rings is 2. The quantitative estimate of drug-likeness (QED) is 0.651. The highest BCUT2D eigenvalue weighted by atomic mass is 32.2. The van der Waals surface area contributed by atoms with E-state index in [1.54, 1.807) is 18.2 Å². The molecule has 0 atom stereocenters. The highest BCUT2D eigenvalue weighted by molar-refractivity contribution is 7.88. The molecule has 0 bridgehead atoms. The Balaban J connectivity index is 2.00. The number of nitrogens with zero attached hydrogens (tertiary/aromatic N) is 1. The van der Waals surface area contributed by atoms with E-state index in [0.29, 0.717) is 23.5 Å². The van der Waals surface area contributed by atoms with E-state index in [-0.39, 0.29) is 19.6 Å². The molecule has 152 valence electrons. The van der Waals surface area contributed by atoms with E-state index in [0.717, 1.165) is 11.8 Å². The molecule has 0 aliphatic heterocycles. The first-order chi connectivity index (χ1) is 13.3. The number of hydrogen-bond acceptors (Lipinski definition) is 5. The first kappa shape index (κ1) is 21.7. The smallest absolute Gasteiger partial charge is 0.235 e. The maximum absolute atomic E-state index is 12.4. The van der Waals surface area contributed by atoms with Gasteiger partial charge in [-0.3, -0.25) is 4.79 Å². The third-order valence-corrected chi connectivity index (χ3v) is 5.52. The minimum atomic E-state index is -3.52. The van der Waals surface area contributed by atoms with Crippen LogP contribution >= 0.6 is 0 Å². The lowest BCUT2D eigenvalue weighted by Gasteiger charge is -2.20. The van der Waals surface area contributed by atoms with Crippen molar-refractivity contribution in [2.45, 2.75) is 13.0 Å². The molecule has 28 heavy (non-hydrogen) atoms. The fraction of sp³-hybridized carbons (Fsp3) is 0.350. The fourth-order valence-corrected chi connectivity index (χ4v) is 3.54. The van der Waals surface area contributed by atoms with Gasteiger partial charge in [-0.25, -0.2) is 8.42 Å². The Bertz CT molecular complexity index is 862. The molecule has 7 nitrogen and oxygen atoms in total. The predicted octanol–water partition coefficient (Wildman–Crippen LogP) is 1.82. The number of nitrogens with one attached hydrogen (secondary N) is 1. The average Bonchev–Trinajstić information content (AvgIpc) is 2.69. The number of amides is 1. The highest BCUT2D eigenvalue weighted by Crippen LogP contribution is 2.27. The van der Waals surface area contributed by atoms with Gasteiger partial charge in [0, 0.05) is 6.54 Å². The molecular weight excluding hydrogens is 380 g/mol. The molecule has 2 aromatic carbocycles. The molecule has 1 N–H and O–H groups in total. The maximum Gasteiger partial charge on any atom is 0.235 e. The summed E-state index contributed by atoms with van der Waals surface area (Å²) in [5.74, 6) is 0.777. The summed E-state index contributed by atoms with van der Waals surface area (Å²) in [5.41, 5.74) is 1.70. The van der Waals surface area contributed by atoms with E-state index in [9.17, 15) is 13.2 Å². The van der Waals surface area contributed by atoms with Gasteiger partial charge >= 0.3 is 0 Å². The van der Waals surface area contributed by atoms with Crippen LogP contribution in [0.5, 0.6) is 11.5 Å². The van der Waals surface area contributed by atoms with E-state index >= 15 is 0 Å². The molecule has 2 aromatic rings. The molecule has 0 heterocycles. The van der Waals surface area contributed by atoms with Crippen LogP contribution in [0.2, 0.25) is 0 Å². The van der Waals surface area contributed by atoms with Crippen molar-refractivity contribution in [1.82, 2.24) is 9.62 Å². The average molecular weight is 407 g/mol. The zero-order valence-electron chi connectivity index (χ0n) is 16.3. The number of ether oxygens (including phenoxy) is 2. The van der Waals surface area contributed by atoms with Crippen LogP contribution in [0.15, 0.2) is 48.5 Å². The number of carbonyl (C=O) groups is 1. The lowest BCUT2D eigenvalue weighted by atomic mass is 10.1. The van der Waals surface area contributed by atoms with Gasteiger partial charge < -0.3 is 14.8 Å². The molecule has 2 rings (SSSR count). The Morgan fingerprint density at radius 1 is 1.00 bits per heavy atom. The van der Waals surface area contributed by atoms with Gasteiger partial charge in [0.2, 0.25) is 15.9 Å². The third kappa shape index (κ3) is 6.24. The Labute approximate surface area is 166 Å². The topological polar surface area (TPSA) is 84.9 Å². The van der Waals surface area contributed by atoms with Crippen LogP contribution < -0.4 is 14.8 Å². The molecule has 1 amide bonds. The van der Waals surface area contributed by atoms with Crippen LogP contribution in [0, 0.1) is 0 Å². The van der Waals surface area contributed by atoms with Crippen LogP contribution in [0.25, 0.3) is 0 Å². The normalized spacial score (nSPS) is 11.3. The summed E-state index contributed by atoms with van der Waals surface area (Å²) in [7, 11) is -0.442. The van der Waals surface area contributed by atoms with Crippen molar-refractivity contribution in [2.75, 3.05) is 33.6 Å². The van der Waals surface area contributed by atoms with E-state index in [2.05, 4.69) is 5.32 Å². The summed E-state index contributed by atoms with van der Waals surface area (Å²) < 4.78 is 35.9. The molecule has 0 saturated heterocycles. The van der Waals surface area contributed by atoms with Crippen LogP contribution in [0.3, 0.4) is 0 Å². The van der Waals surface area contributed by atoms with Gasteiger partial charge in [-0.2, -0.15) is 4.31 Å². The number of rotatable bonds is 10. The van der Waals surface area contributed by atoms with Gasteiger partial charge in [-0.1, -0.05) is 36.4 Å². The van der Waals surface area contributed by atoms with Crippen molar-refractivity contribution in [3.05, 3.63) is 59.7 Å².